The monoisotopic (exact) mass is 314 g/mol. The van der Waals surface area contributed by atoms with Gasteiger partial charge in [-0.05, 0) is 43.5 Å². The second kappa shape index (κ2) is 7.33. The lowest BCUT2D eigenvalue weighted by Gasteiger charge is -2.15. The molecule has 2 aromatic rings. The van der Waals surface area contributed by atoms with E-state index in [9.17, 15) is 4.79 Å². The van der Waals surface area contributed by atoms with Gasteiger partial charge in [0.25, 0.3) is 5.91 Å². The lowest BCUT2D eigenvalue weighted by molar-refractivity contribution is 0.0675. The Morgan fingerprint density at radius 2 is 2.35 bits per heavy atom. The van der Waals surface area contributed by atoms with Gasteiger partial charge in [-0.25, -0.2) is 0 Å². The molecule has 1 fully saturated rings. The Labute approximate surface area is 136 Å². The van der Waals surface area contributed by atoms with Crippen LogP contribution in [0.2, 0.25) is 0 Å². The molecule has 5 heteroatoms. The van der Waals surface area contributed by atoms with E-state index >= 15 is 0 Å². The van der Waals surface area contributed by atoms with Crippen molar-refractivity contribution in [3.05, 3.63) is 53.3 Å². The molecule has 122 valence electrons. The summed E-state index contributed by atoms with van der Waals surface area (Å²) in [6.45, 7) is 3.83. The van der Waals surface area contributed by atoms with Crippen LogP contribution in [0.1, 0.15) is 34.5 Å². The maximum Gasteiger partial charge on any atom is 0.267 e. The maximum atomic E-state index is 12.0. The molecule has 23 heavy (non-hydrogen) atoms. The zero-order valence-corrected chi connectivity index (χ0v) is 13.3. The van der Waals surface area contributed by atoms with Gasteiger partial charge in [-0.2, -0.15) is 0 Å². The predicted molar refractivity (Wildman–Crippen MR) is 87.6 cm³/mol. The lowest BCUT2D eigenvalue weighted by atomic mass is 10.1. The summed E-state index contributed by atoms with van der Waals surface area (Å²) >= 11 is 0. The van der Waals surface area contributed by atoms with Gasteiger partial charge in [-0.1, -0.05) is 12.1 Å². The van der Waals surface area contributed by atoms with Crippen molar-refractivity contribution in [3.8, 4) is 5.75 Å². The summed E-state index contributed by atoms with van der Waals surface area (Å²) in [7, 11) is 0. The van der Waals surface area contributed by atoms with Crippen LogP contribution in [0.25, 0.3) is 0 Å². The van der Waals surface area contributed by atoms with Crippen LogP contribution in [0.15, 0.2) is 36.5 Å². The molecule has 0 saturated carbocycles. The molecule has 2 heterocycles. The van der Waals surface area contributed by atoms with Crippen molar-refractivity contribution >= 4 is 5.91 Å². The average Bonchev–Trinajstić information content (AvgIpc) is 3.25. The van der Waals surface area contributed by atoms with Crippen LogP contribution in [0.4, 0.5) is 0 Å². The maximum absolute atomic E-state index is 12.0. The van der Waals surface area contributed by atoms with E-state index in [4.69, 9.17) is 9.47 Å². The molecular formula is C18H22N2O3. The molecule has 1 aliphatic rings. The number of rotatable bonds is 6. The number of hydrogen-bond donors (Lipinski definition) is 2. The third-order valence-electron chi connectivity index (χ3n) is 3.95. The standard InChI is InChI=1S/C18H22N2O3/c1-13-6-7-14(11-20-18(21)16-5-2-8-19-16)17(10-13)23-12-15-4-3-9-22-15/h2,5-8,10,15,19H,3-4,9,11-12H2,1H3,(H,20,21). The average molecular weight is 314 g/mol. The van der Waals surface area contributed by atoms with E-state index in [-0.39, 0.29) is 12.0 Å². The van der Waals surface area contributed by atoms with E-state index in [1.165, 1.54) is 0 Å². The van der Waals surface area contributed by atoms with Crippen LogP contribution < -0.4 is 10.1 Å². The topological polar surface area (TPSA) is 63.4 Å². The summed E-state index contributed by atoms with van der Waals surface area (Å²) in [5, 5.41) is 2.91. The molecule has 1 aliphatic heterocycles. The highest BCUT2D eigenvalue weighted by molar-refractivity contribution is 5.92. The van der Waals surface area contributed by atoms with Crippen molar-refractivity contribution in [2.75, 3.05) is 13.2 Å². The highest BCUT2D eigenvalue weighted by Gasteiger charge is 2.17. The normalized spacial score (nSPS) is 17.2. The predicted octanol–water partition coefficient (Wildman–Crippen LogP) is 2.81. The van der Waals surface area contributed by atoms with E-state index in [2.05, 4.69) is 10.3 Å². The fourth-order valence-electron chi connectivity index (χ4n) is 2.64. The molecule has 0 spiro atoms. The van der Waals surface area contributed by atoms with Gasteiger partial charge in [-0.3, -0.25) is 4.79 Å². The minimum atomic E-state index is -0.124. The Morgan fingerprint density at radius 1 is 1.43 bits per heavy atom. The molecule has 1 aromatic carbocycles. The van der Waals surface area contributed by atoms with Crippen molar-refractivity contribution in [1.82, 2.24) is 10.3 Å². The van der Waals surface area contributed by atoms with E-state index in [1.54, 1.807) is 18.3 Å². The minimum absolute atomic E-state index is 0.124. The third-order valence-corrected chi connectivity index (χ3v) is 3.95. The molecular weight excluding hydrogens is 292 g/mol. The molecule has 2 N–H and O–H groups in total. The molecule has 1 aromatic heterocycles. The molecule has 0 bridgehead atoms. The minimum Gasteiger partial charge on any atom is -0.491 e. The SMILES string of the molecule is Cc1ccc(CNC(=O)c2ccc[nH]2)c(OCC2CCCO2)c1. The van der Waals surface area contributed by atoms with Crippen molar-refractivity contribution in [2.45, 2.75) is 32.4 Å². The zero-order chi connectivity index (χ0) is 16.1. The summed E-state index contributed by atoms with van der Waals surface area (Å²) in [6, 6.07) is 9.57. The van der Waals surface area contributed by atoms with Crippen molar-refractivity contribution in [3.63, 3.8) is 0 Å². The second-order valence-corrected chi connectivity index (χ2v) is 5.82. The van der Waals surface area contributed by atoms with E-state index in [0.717, 1.165) is 36.3 Å². The smallest absolute Gasteiger partial charge is 0.267 e. The number of carbonyl (C=O) groups is 1. The number of H-pyrrole nitrogens is 1. The Balaban J connectivity index is 1.62. The lowest BCUT2D eigenvalue weighted by Crippen LogP contribution is -2.24. The highest BCUT2D eigenvalue weighted by atomic mass is 16.5. The fourth-order valence-corrected chi connectivity index (χ4v) is 2.64. The summed E-state index contributed by atoms with van der Waals surface area (Å²) < 4.78 is 11.5. The van der Waals surface area contributed by atoms with Gasteiger partial charge in [0.05, 0.1) is 6.10 Å². The number of aryl methyl sites for hydroxylation is 1. The highest BCUT2D eigenvalue weighted by Crippen LogP contribution is 2.22. The van der Waals surface area contributed by atoms with Gasteiger partial charge in [0.2, 0.25) is 0 Å². The van der Waals surface area contributed by atoms with Crippen molar-refractivity contribution in [2.24, 2.45) is 0 Å². The summed E-state index contributed by atoms with van der Waals surface area (Å²) in [6.07, 6.45) is 4.06. The first-order chi connectivity index (χ1) is 11.2. The van der Waals surface area contributed by atoms with Crippen molar-refractivity contribution < 1.29 is 14.3 Å². The van der Waals surface area contributed by atoms with Crippen LogP contribution in [0, 0.1) is 6.92 Å². The van der Waals surface area contributed by atoms with Gasteiger partial charge >= 0.3 is 0 Å². The number of benzene rings is 1. The van der Waals surface area contributed by atoms with Gasteiger partial charge in [0.15, 0.2) is 0 Å². The molecule has 1 atom stereocenters. The van der Waals surface area contributed by atoms with E-state index in [0.29, 0.717) is 18.8 Å². The number of aromatic nitrogens is 1. The Kier molecular flexibility index (Phi) is 4.98. The number of aromatic amines is 1. The second-order valence-electron chi connectivity index (χ2n) is 5.82. The molecule has 5 nitrogen and oxygen atoms in total. The fraction of sp³-hybridized carbons (Fsp3) is 0.389. The molecule has 1 amide bonds. The quantitative estimate of drug-likeness (QED) is 0.862. The number of carbonyl (C=O) groups excluding carboxylic acids is 1. The Morgan fingerprint density at radius 3 is 3.09 bits per heavy atom. The van der Waals surface area contributed by atoms with E-state index < -0.39 is 0 Å². The first kappa shape index (κ1) is 15.6. The molecule has 0 aliphatic carbocycles. The van der Waals surface area contributed by atoms with Crippen LogP contribution in [-0.4, -0.2) is 30.2 Å². The van der Waals surface area contributed by atoms with Gasteiger partial charge < -0.3 is 19.8 Å². The number of hydrogen-bond acceptors (Lipinski definition) is 3. The number of nitrogens with one attached hydrogen (secondary N) is 2. The van der Waals surface area contributed by atoms with E-state index in [1.807, 2.05) is 25.1 Å². The summed E-state index contributed by atoms with van der Waals surface area (Å²) in [5.41, 5.74) is 2.65. The molecule has 3 rings (SSSR count). The number of ether oxygens (including phenoxy) is 2. The third kappa shape index (κ3) is 4.13. The molecule has 1 unspecified atom stereocenters. The van der Waals surface area contributed by atoms with Crippen LogP contribution >= 0.6 is 0 Å². The molecule has 0 radical (unpaired) electrons. The summed E-state index contributed by atoms with van der Waals surface area (Å²) in [5.74, 6) is 0.688. The van der Waals surface area contributed by atoms with Gasteiger partial charge in [0.1, 0.15) is 18.1 Å². The van der Waals surface area contributed by atoms with Crippen LogP contribution in [0.3, 0.4) is 0 Å². The van der Waals surface area contributed by atoms with Crippen LogP contribution in [-0.2, 0) is 11.3 Å². The van der Waals surface area contributed by atoms with Gasteiger partial charge in [-0.15, -0.1) is 0 Å². The first-order valence-corrected chi connectivity index (χ1v) is 7.98. The van der Waals surface area contributed by atoms with Crippen molar-refractivity contribution in [1.29, 1.82) is 0 Å². The zero-order valence-electron chi connectivity index (χ0n) is 13.3. The van der Waals surface area contributed by atoms with Gasteiger partial charge in [0, 0.05) is 24.9 Å². The Hall–Kier alpha value is -2.27. The first-order valence-electron chi connectivity index (χ1n) is 7.98. The number of amides is 1. The molecule has 1 saturated heterocycles. The summed E-state index contributed by atoms with van der Waals surface area (Å²) in [4.78, 5) is 14.9. The largest absolute Gasteiger partial charge is 0.491 e. The van der Waals surface area contributed by atoms with Crippen LogP contribution in [0.5, 0.6) is 5.75 Å². The Bertz CT molecular complexity index is 646.